The lowest BCUT2D eigenvalue weighted by Crippen LogP contribution is -2.38. The van der Waals surface area contributed by atoms with Crippen LogP contribution in [0.2, 0.25) is 0 Å². The monoisotopic (exact) mass is 272 g/mol. The summed E-state index contributed by atoms with van der Waals surface area (Å²) in [4.78, 5) is 0. The number of fused-ring (bicyclic) bond motifs is 1. The van der Waals surface area contributed by atoms with Gasteiger partial charge < -0.3 is 10.6 Å². The maximum Gasteiger partial charge on any atom is 0.0208 e. The lowest BCUT2D eigenvalue weighted by atomic mass is 9.83. The van der Waals surface area contributed by atoms with Gasteiger partial charge in [-0.3, -0.25) is 0 Å². The Balaban J connectivity index is 1.57. The Morgan fingerprint density at radius 3 is 2.85 bits per heavy atom. The van der Waals surface area contributed by atoms with Crippen molar-refractivity contribution in [1.82, 2.24) is 10.6 Å². The smallest absolute Gasteiger partial charge is 0.0208 e. The SMILES string of the molecule is CCC1(CNCC2CNCc3ccccc32)CCCC1. The summed E-state index contributed by atoms with van der Waals surface area (Å²) in [6.07, 6.45) is 7.05. The molecule has 1 saturated carbocycles. The summed E-state index contributed by atoms with van der Waals surface area (Å²) in [6.45, 7) is 6.84. The minimum absolute atomic E-state index is 0.599. The molecular formula is C18H28N2. The van der Waals surface area contributed by atoms with Crippen molar-refractivity contribution in [3.05, 3.63) is 35.4 Å². The molecule has 0 radical (unpaired) electrons. The van der Waals surface area contributed by atoms with Crippen LogP contribution in [0.1, 0.15) is 56.1 Å². The van der Waals surface area contributed by atoms with Crippen LogP contribution >= 0.6 is 0 Å². The standard InChI is InChI=1S/C18H28N2/c1-2-18(9-5-6-10-18)14-20-13-16-12-19-11-15-7-3-4-8-17(15)16/h3-4,7-8,16,19-20H,2,5-6,9-14H2,1H3. The summed E-state index contributed by atoms with van der Waals surface area (Å²) in [6, 6.07) is 8.91. The molecule has 20 heavy (non-hydrogen) atoms. The first-order chi connectivity index (χ1) is 9.83. The Bertz CT molecular complexity index is 435. The number of hydrogen-bond donors (Lipinski definition) is 2. The Kier molecular flexibility index (Phi) is 4.42. The second-order valence-electron chi connectivity index (χ2n) is 6.72. The van der Waals surface area contributed by atoms with E-state index in [4.69, 9.17) is 0 Å². The fourth-order valence-electron chi connectivity index (χ4n) is 4.06. The van der Waals surface area contributed by atoms with Crippen molar-refractivity contribution in [2.45, 2.75) is 51.5 Å². The van der Waals surface area contributed by atoms with Gasteiger partial charge in [-0.1, -0.05) is 44.0 Å². The van der Waals surface area contributed by atoms with Crippen molar-refractivity contribution in [3.8, 4) is 0 Å². The number of rotatable bonds is 5. The Labute approximate surface area is 123 Å². The van der Waals surface area contributed by atoms with Crippen LogP contribution in [0.25, 0.3) is 0 Å². The van der Waals surface area contributed by atoms with Gasteiger partial charge in [0.1, 0.15) is 0 Å². The average Bonchev–Trinajstić information content (AvgIpc) is 2.97. The second kappa shape index (κ2) is 6.28. The highest BCUT2D eigenvalue weighted by molar-refractivity contribution is 5.32. The lowest BCUT2D eigenvalue weighted by molar-refractivity contribution is 0.265. The summed E-state index contributed by atoms with van der Waals surface area (Å²) in [5.74, 6) is 0.634. The summed E-state index contributed by atoms with van der Waals surface area (Å²) in [5.41, 5.74) is 3.63. The highest BCUT2D eigenvalue weighted by atomic mass is 14.9. The molecule has 1 aromatic carbocycles. The third kappa shape index (κ3) is 2.91. The molecule has 110 valence electrons. The molecule has 1 atom stereocenters. The third-order valence-corrected chi connectivity index (χ3v) is 5.51. The number of hydrogen-bond acceptors (Lipinski definition) is 2. The van der Waals surface area contributed by atoms with Gasteiger partial charge in [0, 0.05) is 32.1 Å². The molecule has 0 spiro atoms. The number of benzene rings is 1. The van der Waals surface area contributed by atoms with E-state index < -0.39 is 0 Å². The summed E-state index contributed by atoms with van der Waals surface area (Å²) in [5, 5.41) is 7.34. The zero-order chi connectivity index (χ0) is 13.8. The van der Waals surface area contributed by atoms with Crippen LogP contribution in [0.5, 0.6) is 0 Å². The van der Waals surface area contributed by atoms with E-state index in [1.54, 1.807) is 5.56 Å². The van der Waals surface area contributed by atoms with E-state index in [-0.39, 0.29) is 0 Å². The normalized spacial score (nSPS) is 24.6. The van der Waals surface area contributed by atoms with Crippen molar-refractivity contribution in [3.63, 3.8) is 0 Å². The minimum Gasteiger partial charge on any atom is -0.316 e. The highest BCUT2D eigenvalue weighted by Gasteiger charge is 2.31. The lowest BCUT2D eigenvalue weighted by Gasteiger charge is -2.31. The summed E-state index contributed by atoms with van der Waals surface area (Å²) in [7, 11) is 0. The van der Waals surface area contributed by atoms with Crippen LogP contribution in [-0.4, -0.2) is 19.6 Å². The van der Waals surface area contributed by atoms with E-state index in [1.807, 2.05) is 0 Å². The molecule has 0 aromatic heterocycles. The molecule has 1 aliphatic carbocycles. The van der Waals surface area contributed by atoms with Gasteiger partial charge in [-0.2, -0.15) is 0 Å². The molecule has 2 aliphatic rings. The van der Waals surface area contributed by atoms with Crippen molar-refractivity contribution in [2.24, 2.45) is 5.41 Å². The fraction of sp³-hybridized carbons (Fsp3) is 0.667. The Morgan fingerprint density at radius 2 is 2.05 bits per heavy atom. The molecule has 1 heterocycles. The molecule has 0 saturated heterocycles. The quantitative estimate of drug-likeness (QED) is 0.858. The zero-order valence-electron chi connectivity index (χ0n) is 12.8. The van der Waals surface area contributed by atoms with E-state index >= 15 is 0 Å². The van der Waals surface area contributed by atoms with E-state index in [9.17, 15) is 0 Å². The Morgan fingerprint density at radius 1 is 1.25 bits per heavy atom. The van der Waals surface area contributed by atoms with E-state index in [0.717, 1.165) is 19.6 Å². The second-order valence-corrected chi connectivity index (χ2v) is 6.72. The number of nitrogens with one attached hydrogen (secondary N) is 2. The molecule has 1 fully saturated rings. The predicted molar refractivity (Wildman–Crippen MR) is 85.0 cm³/mol. The first-order valence-electron chi connectivity index (χ1n) is 8.32. The van der Waals surface area contributed by atoms with Crippen molar-refractivity contribution in [1.29, 1.82) is 0 Å². The molecule has 0 bridgehead atoms. The van der Waals surface area contributed by atoms with Gasteiger partial charge in [0.25, 0.3) is 0 Å². The van der Waals surface area contributed by atoms with Gasteiger partial charge in [0.15, 0.2) is 0 Å². The van der Waals surface area contributed by atoms with Gasteiger partial charge in [-0.25, -0.2) is 0 Å². The van der Waals surface area contributed by atoms with Crippen molar-refractivity contribution >= 4 is 0 Å². The van der Waals surface area contributed by atoms with Gasteiger partial charge in [0.05, 0.1) is 0 Å². The maximum atomic E-state index is 3.79. The molecule has 2 heteroatoms. The van der Waals surface area contributed by atoms with Crippen molar-refractivity contribution in [2.75, 3.05) is 19.6 Å². The minimum atomic E-state index is 0.599. The fourth-order valence-corrected chi connectivity index (χ4v) is 4.06. The van der Waals surface area contributed by atoms with E-state index in [1.165, 1.54) is 44.2 Å². The Hall–Kier alpha value is -0.860. The van der Waals surface area contributed by atoms with Crippen LogP contribution in [0, 0.1) is 5.41 Å². The van der Waals surface area contributed by atoms with Crippen molar-refractivity contribution < 1.29 is 0 Å². The summed E-state index contributed by atoms with van der Waals surface area (Å²) < 4.78 is 0. The molecule has 2 nitrogen and oxygen atoms in total. The largest absolute Gasteiger partial charge is 0.316 e. The van der Waals surface area contributed by atoms with Crippen LogP contribution in [0.3, 0.4) is 0 Å². The van der Waals surface area contributed by atoms with Crippen LogP contribution in [0.15, 0.2) is 24.3 Å². The average molecular weight is 272 g/mol. The predicted octanol–water partition coefficient (Wildman–Crippen LogP) is 3.43. The zero-order valence-corrected chi connectivity index (χ0v) is 12.8. The highest BCUT2D eigenvalue weighted by Crippen LogP contribution is 2.40. The first kappa shape index (κ1) is 14.1. The van der Waals surface area contributed by atoms with E-state index in [2.05, 4.69) is 41.8 Å². The van der Waals surface area contributed by atoms with Gasteiger partial charge in [0.2, 0.25) is 0 Å². The van der Waals surface area contributed by atoms with Crippen LogP contribution in [0.4, 0.5) is 0 Å². The molecule has 3 rings (SSSR count). The molecule has 2 N–H and O–H groups in total. The van der Waals surface area contributed by atoms with Gasteiger partial charge >= 0.3 is 0 Å². The van der Waals surface area contributed by atoms with Gasteiger partial charge in [-0.15, -0.1) is 0 Å². The van der Waals surface area contributed by atoms with Crippen LogP contribution in [-0.2, 0) is 6.54 Å². The van der Waals surface area contributed by atoms with Gasteiger partial charge in [-0.05, 0) is 35.8 Å². The first-order valence-corrected chi connectivity index (χ1v) is 8.32. The summed E-state index contributed by atoms with van der Waals surface area (Å²) >= 11 is 0. The molecular weight excluding hydrogens is 244 g/mol. The molecule has 0 amide bonds. The third-order valence-electron chi connectivity index (χ3n) is 5.51. The molecule has 1 aliphatic heterocycles. The molecule has 1 unspecified atom stereocenters. The van der Waals surface area contributed by atoms with Crippen LogP contribution < -0.4 is 10.6 Å². The maximum absolute atomic E-state index is 3.79. The molecule has 1 aromatic rings. The van der Waals surface area contributed by atoms with E-state index in [0.29, 0.717) is 11.3 Å². The topological polar surface area (TPSA) is 24.1 Å².